The van der Waals surface area contributed by atoms with Gasteiger partial charge in [0.15, 0.2) is 0 Å². The fraction of sp³-hybridized carbons (Fsp3) is 0.462. The Morgan fingerprint density at radius 2 is 2.41 bits per heavy atom. The largest absolute Gasteiger partial charge is 0.385 e. The van der Waals surface area contributed by atoms with E-state index in [-0.39, 0.29) is 0 Å². The summed E-state index contributed by atoms with van der Waals surface area (Å²) in [6, 6.07) is 7.52. The predicted molar refractivity (Wildman–Crippen MR) is 70.3 cm³/mol. The van der Waals surface area contributed by atoms with Gasteiger partial charge in [-0.15, -0.1) is 0 Å². The van der Waals surface area contributed by atoms with Crippen LogP contribution in [0, 0.1) is 17.2 Å². The summed E-state index contributed by atoms with van der Waals surface area (Å²) in [6.07, 6.45) is 2.44. The summed E-state index contributed by atoms with van der Waals surface area (Å²) < 4.78 is 0. The average molecular weight is 250 g/mol. The van der Waals surface area contributed by atoms with Crippen LogP contribution < -0.4 is 10.6 Å². The topological polar surface area (TPSA) is 47.9 Å². The molecule has 1 aliphatic heterocycles. The molecule has 0 spiro atoms. The lowest BCUT2D eigenvalue weighted by atomic mass is 10.1. The summed E-state index contributed by atoms with van der Waals surface area (Å²) in [7, 11) is 0. The Kier molecular flexibility index (Phi) is 4.24. The molecule has 17 heavy (non-hydrogen) atoms. The van der Waals surface area contributed by atoms with Crippen LogP contribution in [-0.2, 0) is 0 Å². The molecule has 1 aromatic carbocycles. The average Bonchev–Trinajstić information content (AvgIpc) is 2.82. The molecule has 1 fully saturated rings. The standard InChI is InChI=1S/C13H16ClN3/c14-13-7-12(2-1-11(13)8-15)17-6-4-10-3-5-16-9-10/h1-2,7,10,16-17H,3-6,9H2. The van der Waals surface area contributed by atoms with Crippen molar-refractivity contribution in [2.24, 2.45) is 5.92 Å². The minimum Gasteiger partial charge on any atom is -0.385 e. The molecular weight excluding hydrogens is 234 g/mol. The number of hydrogen-bond donors (Lipinski definition) is 2. The van der Waals surface area contributed by atoms with Crippen molar-refractivity contribution in [1.82, 2.24) is 5.32 Å². The highest BCUT2D eigenvalue weighted by atomic mass is 35.5. The van der Waals surface area contributed by atoms with E-state index in [9.17, 15) is 0 Å². The number of nitrogens with zero attached hydrogens (tertiary/aromatic N) is 1. The third-order valence-corrected chi connectivity index (χ3v) is 3.45. The summed E-state index contributed by atoms with van der Waals surface area (Å²) in [5, 5.41) is 16.0. The number of rotatable bonds is 4. The Balaban J connectivity index is 1.82. The van der Waals surface area contributed by atoms with Gasteiger partial charge < -0.3 is 10.6 Å². The maximum atomic E-state index is 8.77. The van der Waals surface area contributed by atoms with E-state index in [0.717, 1.165) is 31.2 Å². The van der Waals surface area contributed by atoms with Gasteiger partial charge in [0.25, 0.3) is 0 Å². The first-order chi connectivity index (χ1) is 8.29. The van der Waals surface area contributed by atoms with E-state index in [1.807, 2.05) is 12.1 Å². The summed E-state index contributed by atoms with van der Waals surface area (Å²) in [4.78, 5) is 0. The molecule has 90 valence electrons. The predicted octanol–water partition coefficient (Wildman–Crippen LogP) is 2.62. The number of benzene rings is 1. The monoisotopic (exact) mass is 249 g/mol. The molecule has 0 aromatic heterocycles. The van der Waals surface area contributed by atoms with Crippen molar-refractivity contribution in [2.75, 3.05) is 25.0 Å². The fourth-order valence-electron chi connectivity index (χ4n) is 2.10. The molecule has 1 saturated heterocycles. The highest BCUT2D eigenvalue weighted by molar-refractivity contribution is 6.32. The van der Waals surface area contributed by atoms with Crippen molar-refractivity contribution in [3.8, 4) is 6.07 Å². The second-order valence-electron chi connectivity index (χ2n) is 4.38. The molecular formula is C13H16ClN3. The SMILES string of the molecule is N#Cc1ccc(NCCC2CCNC2)cc1Cl. The third kappa shape index (κ3) is 3.36. The minimum atomic E-state index is 0.514. The Labute approximate surface area is 107 Å². The maximum absolute atomic E-state index is 8.77. The Bertz CT molecular complexity index is 419. The van der Waals surface area contributed by atoms with Crippen LogP contribution in [0.15, 0.2) is 18.2 Å². The van der Waals surface area contributed by atoms with Crippen LogP contribution in [0.3, 0.4) is 0 Å². The van der Waals surface area contributed by atoms with Crippen molar-refractivity contribution >= 4 is 17.3 Å². The molecule has 0 saturated carbocycles. The van der Waals surface area contributed by atoms with Gasteiger partial charge >= 0.3 is 0 Å². The van der Waals surface area contributed by atoms with Gasteiger partial charge in [-0.3, -0.25) is 0 Å². The number of anilines is 1. The van der Waals surface area contributed by atoms with Crippen molar-refractivity contribution < 1.29 is 0 Å². The second kappa shape index (κ2) is 5.90. The molecule has 1 aliphatic rings. The quantitative estimate of drug-likeness (QED) is 0.863. The molecule has 1 unspecified atom stereocenters. The van der Waals surface area contributed by atoms with E-state index in [1.165, 1.54) is 12.8 Å². The first-order valence-electron chi connectivity index (χ1n) is 5.94. The summed E-state index contributed by atoms with van der Waals surface area (Å²) in [5.41, 5.74) is 1.51. The molecule has 1 aromatic rings. The zero-order chi connectivity index (χ0) is 12.1. The van der Waals surface area contributed by atoms with E-state index in [1.54, 1.807) is 6.07 Å². The zero-order valence-corrected chi connectivity index (χ0v) is 10.4. The van der Waals surface area contributed by atoms with Crippen LogP contribution in [0.2, 0.25) is 5.02 Å². The van der Waals surface area contributed by atoms with Crippen LogP contribution in [-0.4, -0.2) is 19.6 Å². The van der Waals surface area contributed by atoms with E-state index in [0.29, 0.717) is 10.6 Å². The van der Waals surface area contributed by atoms with E-state index in [2.05, 4.69) is 16.7 Å². The van der Waals surface area contributed by atoms with E-state index >= 15 is 0 Å². The van der Waals surface area contributed by atoms with Gasteiger partial charge in [-0.2, -0.15) is 5.26 Å². The molecule has 2 N–H and O–H groups in total. The lowest BCUT2D eigenvalue weighted by Gasteiger charge is -2.10. The van der Waals surface area contributed by atoms with Crippen LogP contribution in [0.4, 0.5) is 5.69 Å². The summed E-state index contributed by atoms with van der Waals surface area (Å²) >= 11 is 5.96. The normalized spacial score (nSPS) is 18.9. The molecule has 2 rings (SSSR count). The highest BCUT2D eigenvalue weighted by Gasteiger charge is 2.13. The number of halogens is 1. The fourth-order valence-corrected chi connectivity index (χ4v) is 2.32. The van der Waals surface area contributed by atoms with Crippen LogP contribution in [0.5, 0.6) is 0 Å². The maximum Gasteiger partial charge on any atom is 0.101 e. The molecule has 1 atom stereocenters. The smallest absolute Gasteiger partial charge is 0.101 e. The number of nitrogens with one attached hydrogen (secondary N) is 2. The molecule has 0 radical (unpaired) electrons. The zero-order valence-electron chi connectivity index (χ0n) is 9.67. The summed E-state index contributed by atoms with van der Waals surface area (Å²) in [5.74, 6) is 0.788. The van der Waals surface area contributed by atoms with Gasteiger partial charge in [0.05, 0.1) is 10.6 Å². The van der Waals surface area contributed by atoms with Gasteiger partial charge in [-0.25, -0.2) is 0 Å². The summed E-state index contributed by atoms with van der Waals surface area (Å²) in [6.45, 7) is 3.23. The molecule has 3 nitrogen and oxygen atoms in total. The van der Waals surface area contributed by atoms with Gasteiger partial charge in [0.2, 0.25) is 0 Å². The minimum absolute atomic E-state index is 0.514. The Morgan fingerprint density at radius 1 is 1.53 bits per heavy atom. The first-order valence-corrected chi connectivity index (χ1v) is 6.31. The molecule has 0 amide bonds. The third-order valence-electron chi connectivity index (χ3n) is 3.13. The molecule has 4 heteroatoms. The van der Waals surface area contributed by atoms with Crippen molar-refractivity contribution in [1.29, 1.82) is 5.26 Å². The first kappa shape index (κ1) is 12.2. The Morgan fingerprint density at radius 3 is 3.06 bits per heavy atom. The van der Waals surface area contributed by atoms with Gasteiger partial charge in [-0.1, -0.05) is 11.6 Å². The van der Waals surface area contributed by atoms with E-state index < -0.39 is 0 Å². The second-order valence-corrected chi connectivity index (χ2v) is 4.79. The number of hydrogen-bond acceptors (Lipinski definition) is 3. The van der Waals surface area contributed by atoms with Crippen LogP contribution >= 0.6 is 11.6 Å². The van der Waals surface area contributed by atoms with Crippen molar-refractivity contribution in [2.45, 2.75) is 12.8 Å². The van der Waals surface area contributed by atoms with E-state index in [4.69, 9.17) is 16.9 Å². The number of nitriles is 1. The van der Waals surface area contributed by atoms with Crippen molar-refractivity contribution in [3.05, 3.63) is 28.8 Å². The molecule has 1 heterocycles. The molecule has 0 bridgehead atoms. The van der Waals surface area contributed by atoms with Crippen LogP contribution in [0.1, 0.15) is 18.4 Å². The van der Waals surface area contributed by atoms with Gasteiger partial charge in [0.1, 0.15) is 6.07 Å². The van der Waals surface area contributed by atoms with Gasteiger partial charge in [-0.05, 0) is 50.0 Å². The van der Waals surface area contributed by atoms with Crippen molar-refractivity contribution in [3.63, 3.8) is 0 Å². The lowest BCUT2D eigenvalue weighted by molar-refractivity contribution is 0.549. The Hall–Kier alpha value is -1.24. The van der Waals surface area contributed by atoms with Gasteiger partial charge in [0, 0.05) is 12.2 Å². The highest BCUT2D eigenvalue weighted by Crippen LogP contribution is 2.20. The lowest BCUT2D eigenvalue weighted by Crippen LogP contribution is -2.12. The molecule has 0 aliphatic carbocycles. The van der Waals surface area contributed by atoms with Crippen LogP contribution in [0.25, 0.3) is 0 Å².